The zero-order valence-electron chi connectivity index (χ0n) is 36.1. The van der Waals surface area contributed by atoms with Gasteiger partial charge in [-0.15, -0.1) is 0 Å². The molecule has 0 N–H and O–H groups in total. The number of benzene rings is 11. The maximum atomic E-state index is 5.82. The van der Waals surface area contributed by atoms with Crippen molar-refractivity contribution >= 4 is 97.9 Å². The molecule has 5 heteroatoms. The predicted octanol–water partition coefficient (Wildman–Crippen LogP) is 16.0. The Morgan fingerprint density at radius 2 is 0.791 bits per heavy atom. The van der Waals surface area contributed by atoms with Gasteiger partial charge in [-0.1, -0.05) is 170 Å². The van der Waals surface area contributed by atoms with Gasteiger partial charge < -0.3 is 9.13 Å². The van der Waals surface area contributed by atoms with Crippen molar-refractivity contribution in [2.75, 3.05) is 0 Å². The third-order valence-electron chi connectivity index (χ3n) is 14.1. The van der Waals surface area contributed by atoms with E-state index < -0.39 is 0 Å². The van der Waals surface area contributed by atoms with Crippen LogP contribution in [0.3, 0.4) is 0 Å². The Balaban J connectivity index is 1.17. The van der Waals surface area contributed by atoms with Gasteiger partial charge in [-0.2, -0.15) is 0 Å². The monoisotopic (exact) mass is 851 g/mol. The number of aromatic nitrogens is 5. The van der Waals surface area contributed by atoms with Gasteiger partial charge in [0.05, 0.1) is 44.3 Å². The molecule has 15 rings (SSSR count). The van der Waals surface area contributed by atoms with Crippen LogP contribution in [0.2, 0.25) is 0 Å². The number of hydrogen-bond acceptors (Lipinski definition) is 2. The first-order chi connectivity index (χ1) is 33.3. The minimum absolute atomic E-state index is 0.627. The average molecular weight is 852 g/mol. The van der Waals surface area contributed by atoms with E-state index in [0.717, 1.165) is 82.8 Å². The fraction of sp³-hybridized carbons (Fsp3) is 0. The summed E-state index contributed by atoms with van der Waals surface area (Å²) in [6.07, 6.45) is 0. The lowest BCUT2D eigenvalue weighted by atomic mass is 9.94. The second-order valence-electron chi connectivity index (χ2n) is 17.7. The maximum absolute atomic E-state index is 5.82. The second kappa shape index (κ2) is 13.7. The molecule has 67 heavy (non-hydrogen) atoms. The van der Waals surface area contributed by atoms with E-state index in [1.807, 2.05) is 0 Å². The number of nitrogens with zero attached hydrogens (tertiary/aromatic N) is 5. The molecule has 0 saturated heterocycles. The maximum Gasteiger partial charge on any atom is 0.235 e. The third kappa shape index (κ3) is 5.02. The smallest absolute Gasteiger partial charge is 0.235 e. The largest absolute Gasteiger partial charge is 0.307 e. The average Bonchev–Trinajstić information content (AvgIpc) is 4.05. The lowest BCUT2D eigenvalue weighted by Gasteiger charge is -2.17. The molecule has 0 bridgehead atoms. The summed E-state index contributed by atoms with van der Waals surface area (Å²) < 4.78 is 7.37. The van der Waals surface area contributed by atoms with E-state index in [-0.39, 0.29) is 0 Å². The third-order valence-corrected chi connectivity index (χ3v) is 14.1. The van der Waals surface area contributed by atoms with Crippen molar-refractivity contribution in [3.05, 3.63) is 224 Å². The Morgan fingerprint density at radius 3 is 1.45 bits per heavy atom. The van der Waals surface area contributed by atoms with Gasteiger partial charge in [0, 0.05) is 54.6 Å². The van der Waals surface area contributed by atoms with Gasteiger partial charge >= 0.3 is 0 Å². The Hall–Kier alpha value is -9.06. The summed E-state index contributed by atoms with van der Waals surface area (Å²) in [6, 6.07) is 81.2. The van der Waals surface area contributed by atoms with Crippen LogP contribution in [0, 0.1) is 0 Å². The zero-order chi connectivity index (χ0) is 43.7. The van der Waals surface area contributed by atoms with Crippen molar-refractivity contribution in [2.24, 2.45) is 0 Å². The Bertz CT molecular complexity index is 4480. The van der Waals surface area contributed by atoms with E-state index in [9.17, 15) is 0 Å². The van der Waals surface area contributed by atoms with Crippen molar-refractivity contribution in [1.29, 1.82) is 0 Å². The quantitative estimate of drug-likeness (QED) is 0.162. The van der Waals surface area contributed by atoms with Crippen LogP contribution in [0.5, 0.6) is 0 Å². The van der Waals surface area contributed by atoms with Gasteiger partial charge in [0.15, 0.2) is 0 Å². The van der Waals surface area contributed by atoms with Gasteiger partial charge in [-0.05, 0) is 87.3 Å². The highest BCUT2D eigenvalue weighted by Gasteiger charge is 2.29. The fourth-order valence-corrected chi connectivity index (χ4v) is 11.4. The van der Waals surface area contributed by atoms with Crippen LogP contribution in [0.25, 0.3) is 138 Å². The molecule has 0 saturated carbocycles. The molecule has 0 aliphatic rings. The molecule has 0 unspecified atom stereocenters. The summed E-state index contributed by atoms with van der Waals surface area (Å²) in [4.78, 5) is 11.5. The van der Waals surface area contributed by atoms with Crippen molar-refractivity contribution < 1.29 is 0 Å². The van der Waals surface area contributed by atoms with Crippen LogP contribution in [0.4, 0.5) is 0 Å². The van der Waals surface area contributed by atoms with E-state index in [1.165, 1.54) is 48.9 Å². The second-order valence-corrected chi connectivity index (χ2v) is 17.7. The lowest BCUT2D eigenvalue weighted by molar-refractivity contribution is 1.01. The van der Waals surface area contributed by atoms with Crippen LogP contribution in [-0.4, -0.2) is 23.7 Å². The molecule has 0 spiro atoms. The highest BCUT2D eigenvalue weighted by molar-refractivity contribution is 6.37. The van der Waals surface area contributed by atoms with Gasteiger partial charge in [-0.3, -0.25) is 4.57 Å². The normalized spacial score (nSPS) is 12.2. The first-order valence-corrected chi connectivity index (χ1v) is 22.9. The molecule has 11 aromatic carbocycles. The molecule has 15 aromatic rings. The van der Waals surface area contributed by atoms with E-state index in [2.05, 4.69) is 238 Å². The Kier molecular flexibility index (Phi) is 7.44. The summed E-state index contributed by atoms with van der Waals surface area (Å²) in [5.74, 6) is 0.627. The van der Waals surface area contributed by atoms with E-state index in [1.54, 1.807) is 0 Å². The van der Waals surface area contributed by atoms with Crippen LogP contribution in [0.1, 0.15) is 0 Å². The molecular formula is C62H37N5. The summed E-state index contributed by atoms with van der Waals surface area (Å²) in [7, 11) is 0. The molecular weight excluding hydrogens is 815 g/mol. The molecule has 0 aliphatic carbocycles. The predicted molar refractivity (Wildman–Crippen MR) is 280 cm³/mol. The van der Waals surface area contributed by atoms with Crippen molar-refractivity contribution in [1.82, 2.24) is 23.7 Å². The number of hydrogen-bond donors (Lipinski definition) is 0. The highest BCUT2D eigenvalue weighted by atomic mass is 15.2. The van der Waals surface area contributed by atoms with Gasteiger partial charge in [0.2, 0.25) is 5.95 Å². The van der Waals surface area contributed by atoms with Crippen molar-refractivity contribution in [3.63, 3.8) is 0 Å². The molecule has 0 fully saturated rings. The number of para-hydroxylation sites is 4. The number of fused-ring (bicyclic) bond motifs is 11. The molecule has 4 heterocycles. The van der Waals surface area contributed by atoms with Gasteiger partial charge in [0.25, 0.3) is 0 Å². The van der Waals surface area contributed by atoms with Crippen LogP contribution in [0.15, 0.2) is 224 Å². The summed E-state index contributed by atoms with van der Waals surface area (Å²) in [6.45, 7) is 0. The van der Waals surface area contributed by atoms with Crippen molar-refractivity contribution in [2.45, 2.75) is 0 Å². The molecule has 4 aromatic heterocycles. The van der Waals surface area contributed by atoms with Gasteiger partial charge in [0.1, 0.15) is 0 Å². The van der Waals surface area contributed by atoms with E-state index in [4.69, 9.17) is 9.97 Å². The van der Waals surface area contributed by atoms with Crippen LogP contribution < -0.4 is 0 Å². The summed E-state index contributed by atoms with van der Waals surface area (Å²) in [5.41, 5.74) is 14.1. The Morgan fingerprint density at radius 1 is 0.299 bits per heavy atom. The molecule has 0 radical (unpaired) electrons. The fourth-order valence-electron chi connectivity index (χ4n) is 11.4. The SMILES string of the molecule is c1ccc(-c2ccccc2-c2nc(-n3c4ccccc4c4cc5ccc6cc7c8ccccc8n(-c8ccccc8)c7c7c6c5c(c43)n7-c3ccccc3)nc3ccc4ccccc4c23)cc1. The van der Waals surface area contributed by atoms with Crippen molar-refractivity contribution in [3.8, 4) is 39.7 Å². The summed E-state index contributed by atoms with van der Waals surface area (Å²) in [5, 5.41) is 12.9. The van der Waals surface area contributed by atoms with Crippen LogP contribution >= 0.6 is 0 Å². The van der Waals surface area contributed by atoms with E-state index >= 15 is 0 Å². The highest BCUT2D eigenvalue weighted by Crippen LogP contribution is 2.50. The first kappa shape index (κ1) is 36.3. The molecule has 0 amide bonds. The lowest BCUT2D eigenvalue weighted by Crippen LogP contribution is -2.05. The molecule has 0 aliphatic heterocycles. The summed E-state index contributed by atoms with van der Waals surface area (Å²) >= 11 is 0. The Labute approximate surface area is 384 Å². The van der Waals surface area contributed by atoms with Gasteiger partial charge in [-0.25, -0.2) is 9.97 Å². The molecule has 5 nitrogen and oxygen atoms in total. The molecule has 310 valence electrons. The first-order valence-electron chi connectivity index (χ1n) is 22.9. The standard InChI is InChI=1S/C62H37N5/c1-4-18-38(19-5-1)44-25-12-13-29-48(44)57-56-45-26-11-10-20-39(45)34-35-51(56)63-62(64-57)67-53-31-17-15-28-47(53)50-37-41-33-32-40-36-49-46-27-14-16-30-52(46)65(42-21-6-2-7-22-42)58(49)60-54(40)55(41)61(59(50)67)66(60)43-23-8-3-9-24-43/h1-37H. The minimum Gasteiger partial charge on any atom is -0.307 e. The zero-order valence-corrected chi connectivity index (χ0v) is 36.1. The minimum atomic E-state index is 0.627. The van der Waals surface area contributed by atoms with E-state index in [0.29, 0.717) is 5.95 Å². The topological polar surface area (TPSA) is 40.6 Å². The number of rotatable bonds is 5. The van der Waals surface area contributed by atoms with Crippen LogP contribution in [-0.2, 0) is 0 Å². The molecule has 0 atom stereocenters.